The quantitative estimate of drug-likeness (QED) is 0.827. The van der Waals surface area contributed by atoms with Crippen molar-refractivity contribution in [2.75, 3.05) is 24.5 Å². The zero-order chi connectivity index (χ0) is 19.3. The average Bonchev–Trinajstić information content (AvgIpc) is 2.66. The van der Waals surface area contributed by atoms with Crippen LogP contribution in [0.3, 0.4) is 0 Å². The minimum atomic E-state index is -3.35. The van der Waals surface area contributed by atoms with E-state index in [4.69, 9.17) is 0 Å². The second-order valence-electron chi connectivity index (χ2n) is 7.01. The van der Waals surface area contributed by atoms with Gasteiger partial charge < -0.3 is 4.90 Å². The number of benzene rings is 1. The smallest absolute Gasteiger partial charge is 0.215 e. The predicted octanol–water partition coefficient (Wildman–Crippen LogP) is 2.60. The van der Waals surface area contributed by atoms with Crippen molar-refractivity contribution in [2.24, 2.45) is 5.92 Å². The van der Waals surface area contributed by atoms with Crippen LogP contribution in [0.15, 0.2) is 42.6 Å². The molecule has 2 aromatic rings. The van der Waals surface area contributed by atoms with Gasteiger partial charge in [-0.05, 0) is 43.4 Å². The van der Waals surface area contributed by atoms with Gasteiger partial charge in [-0.2, -0.15) is 5.26 Å². The molecule has 2 heterocycles. The molecule has 0 atom stereocenters. The molecule has 1 N–H and O–H groups in total. The van der Waals surface area contributed by atoms with Crippen LogP contribution in [0.5, 0.6) is 0 Å². The maximum Gasteiger partial charge on any atom is 0.215 e. The number of aryl methyl sites for hydroxylation is 1. The van der Waals surface area contributed by atoms with Crippen LogP contribution in [-0.2, 0) is 15.8 Å². The molecule has 0 unspecified atom stereocenters. The third-order valence-corrected chi connectivity index (χ3v) is 6.17. The molecular formula is C20H24N4O2S. The topological polar surface area (TPSA) is 86.1 Å². The molecule has 1 aromatic carbocycles. The van der Waals surface area contributed by atoms with Gasteiger partial charge in [-0.15, -0.1) is 0 Å². The molecule has 1 aliphatic rings. The largest absolute Gasteiger partial charge is 0.356 e. The van der Waals surface area contributed by atoms with Gasteiger partial charge in [-0.1, -0.05) is 29.8 Å². The molecule has 1 aliphatic heterocycles. The predicted molar refractivity (Wildman–Crippen MR) is 106 cm³/mol. The van der Waals surface area contributed by atoms with Crippen LogP contribution in [0, 0.1) is 24.2 Å². The number of nitriles is 1. The molecule has 1 fully saturated rings. The lowest BCUT2D eigenvalue weighted by atomic mass is 9.97. The summed E-state index contributed by atoms with van der Waals surface area (Å²) in [6, 6.07) is 13.3. The molecule has 1 saturated heterocycles. The lowest BCUT2D eigenvalue weighted by Gasteiger charge is -2.33. The van der Waals surface area contributed by atoms with E-state index in [2.05, 4.69) is 20.7 Å². The highest BCUT2D eigenvalue weighted by molar-refractivity contribution is 7.88. The van der Waals surface area contributed by atoms with E-state index in [0.717, 1.165) is 42.9 Å². The first-order valence-corrected chi connectivity index (χ1v) is 10.7. The van der Waals surface area contributed by atoms with Gasteiger partial charge in [-0.3, -0.25) is 0 Å². The molecule has 0 saturated carbocycles. The van der Waals surface area contributed by atoms with Gasteiger partial charge in [0.25, 0.3) is 0 Å². The first-order chi connectivity index (χ1) is 13.0. The molecule has 6 nitrogen and oxygen atoms in total. The van der Waals surface area contributed by atoms with Gasteiger partial charge >= 0.3 is 0 Å². The second kappa shape index (κ2) is 8.51. The van der Waals surface area contributed by atoms with Gasteiger partial charge in [0.05, 0.1) is 11.3 Å². The van der Waals surface area contributed by atoms with E-state index >= 15 is 0 Å². The van der Waals surface area contributed by atoms with Gasteiger partial charge in [0.15, 0.2) is 0 Å². The molecule has 0 bridgehead atoms. The Hall–Kier alpha value is -2.43. The fourth-order valence-electron chi connectivity index (χ4n) is 3.40. The third-order valence-electron chi connectivity index (χ3n) is 4.85. The number of rotatable bonds is 6. The number of nitrogens with zero attached hydrogens (tertiary/aromatic N) is 3. The van der Waals surface area contributed by atoms with Crippen LogP contribution in [0.1, 0.15) is 29.5 Å². The lowest BCUT2D eigenvalue weighted by Crippen LogP contribution is -2.39. The molecule has 0 radical (unpaired) electrons. The molecule has 142 valence electrons. The Kier molecular flexibility index (Phi) is 6.09. The molecule has 7 heteroatoms. The highest BCUT2D eigenvalue weighted by Gasteiger charge is 2.23. The van der Waals surface area contributed by atoms with Crippen molar-refractivity contribution in [3.63, 3.8) is 0 Å². The van der Waals surface area contributed by atoms with E-state index in [1.807, 2.05) is 31.2 Å². The number of aromatic nitrogens is 1. The first-order valence-electron chi connectivity index (χ1n) is 9.10. The Morgan fingerprint density at radius 3 is 2.74 bits per heavy atom. The highest BCUT2D eigenvalue weighted by atomic mass is 32.2. The van der Waals surface area contributed by atoms with Crippen LogP contribution in [0.25, 0.3) is 0 Å². The summed E-state index contributed by atoms with van der Waals surface area (Å²) < 4.78 is 27.5. The summed E-state index contributed by atoms with van der Waals surface area (Å²) >= 11 is 0. The summed E-state index contributed by atoms with van der Waals surface area (Å²) in [5.41, 5.74) is 2.44. The monoisotopic (exact) mass is 384 g/mol. The number of hydrogen-bond acceptors (Lipinski definition) is 5. The Labute approximate surface area is 160 Å². The minimum Gasteiger partial charge on any atom is -0.356 e. The Morgan fingerprint density at radius 2 is 2.04 bits per heavy atom. The van der Waals surface area contributed by atoms with Gasteiger partial charge in [0, 0.05) is 25.8 Å². The van der Waals surface area contributed by atoms with Crippen LogP contribution >= 0.6 is 0 Å². The summed E-state index contributed by atoms with van der Waals surface area (Å²) in [5.74, 6) is 1.02. The number of sulfonamides is 1. The van der Waals surface area contributed by atoms with Crippen molar-refractivity contribution in [1.29, 1.82) is 5.26 Å². The number of hydrogen-bond donors (Lipinski definition) is 1. The zero-order valence-electron chi connectivity index (χ0n) is 15.4. The summed E-state index contributed by atoms with van der Waals surface area (Å²) in [5, 5.41) is 9.22. The van der Waals surface area contributed by atoms with E-state index < -0.39 is 10.0 Å². The zero-order valence-corrected chi connectivity index (χ0v) is 16.2. The number of pyridine rings is 1. The maximum absolute atomic E-state index is 12.4. The van der Waals surface area contributed by atoms with Crippen molar-refractivity contribution in [3.8, 4) is 6.07 Å². The average molecular weight is 385 g/mol. The summed E-state index contributed by atoms with van der Waals surface area (Å²) in [7, 11) is -3.35. The van der Waals surface area contributed by atoms with Crippen LogP contribution in [-0.4, -0.2) is 33.0 Å². The van der Waals surface area contributed by atoms with Crippen molar-refractivity contribution >= 4 is 15.8 Å². The molecule has 1 aromatic heterocycles. The van der Waals surface area contributed by atoms with E-state index in [-0.39, 0.29) is 5.75 Å². The lowest BCUT2D eigenvalue weighted by molar-refractivity contribution is 0.400. The Balaban J connectivity index is 1.51. The fraction of sp³-hybridized carbons (Fsp3) is 0.400. The van der Waals surface area contributed by atoms with Crippen molar-refractivity contribution < 1.29 is 8.42 Å². The second-order valence-corrected chi connectivity index (χ2v) is 8.82. The summed E-state index contributed by atoms with van der Waals surface area (Å²) in [4.78, 5) is 6.44. The van der Waals surface area contributed by atoms with Crippen molar-refractivity contribution in [1.82, 2.24) is 9.71 Å². The van der Waals surface area contributed by atoms with Crippen LogP contribution < -0.4 is 9.62 Å². The minimum absolute atomic E-state index is 0.00693. The summed E-state index contributed by atoms with van der Waals surface area (Å²) in [6.07, 6.45) is 3.44. The van der Waals surface area contributed by atoms with Gasteiger partial charge in [0.2, 0.25) is 10.0 Å². The first kappa shape index (κ1) is 19.3. The SMILES string of the molecule is Cc1cccc(CS(=O)(=O)NCC2CCN(c3ncccc3C#N)CC2)c1. The van der Waals surface area contributed by atoms with Gasteiger partial charge in [0.1, 0.15) is 11.9 Å². The molecule has 0 spiro atoms. The normalized spacial score (nSPS) is 15.5. The fourth-order valence-corrected chi connectivity index (χ4v) is 4.61. The molecule has 3 rings (SSSR count). The number of piperidine rings is 1. The number of anilines is 1. The van der Waals surface area contributed by atoms with E-state index in [1.165, 1.54) is 0 Å². The van der Waals surface area contributed by atoms with Gasteiger partial charge in [-0.25, -0.2) is 18.1 Å². The van der Waals surface area contributed by atoms with E-state index in [1.54, 1.807) is 18.3 Å². The molecule has 0 aliphatic carbocycles. The molecular weight excluding hydrogens is 360 g/mol. The highest BCUT2D eigenvalue weighted by Crippen LogP contribution is 2.24. The van der Waals surface area contributed by atoms with E-state index in [9.17, 15) is 13.7 Å². The Bertz CT molecular complexity index is 929. The number of nitrogens with one attached hydrogen (secondary N) is 1. The summed E-state index contributed by atoms with van der Waals surface area (Å²) in [6.45, 7) is 3.96. The van der Waals surface area contributed by atoms with Crippen LogP contribution in [0.4, 0.5) is 5.82 Å². The van der Waals surface area contributed by atoms with E-state index in [0.29, 0.717) is 18.0 Å². The maximum atomic E-state index is 12.4. The third kappa shape index (κ3) is 5.28. The van der Waals surface area contributed by atoms with Crippen molar-refractivity contribution in [2.45, 2.75) is 25.5 Å². The van der Waals surface area contributed by atoms with Crippen molar-refractivity contribution in [3.05, 3.63) is 59.3 Å². The Morgan fingerprint density at radius 1 is 1.26 bits per heavy atom. The molecule has 27 heavy (non-hydrogen) atoms. The standard InChI is InChI=1S/C20H24N4O2S/c1-16-4-2-5-18(12-16)15-27(25,26)23-14-17-7-10-24(11-8-17)20-19(13-21)6-3-9-22-20/h2-6,9,12,17,23H,7-8,10-11,14-15H2,1H3. The molecule has 0 amide bonds. The van der Waals surface area contributed by atoms with Crippen LogP contribution in [0.2, 0.25) is 0 Å².